The Labute approximate surface area is 155 Å². The average Bonchev–Trinajstić information content (AvgIpc) is 3.10. The molecule has 134 valence electrons. The molecule has 0 aliphatic carbocycles. The fourth-order valence-electron chi connectivity index (χ4n) is 3.96. The van der Waals surface area contributed by atoms with E-state index in [4.69, 9.17) is 0 Å². The van der Waals surface area contributed by atoms with Crippen LogP contribution >= 0.6 is 0 Å². The van der Waals surface area contributed by atoms with Gasteiger partial charge >= 0.3 is 0 Å². The van der Waals surface area contributed by atoms with Crippen molar-refractivity contribution in [3.05, 3.63) is 71.7 Å². The first-order chi connectivity index (χ1) is 12.8. The predicted octanol–water partition coefficient (Wildman–Crippen LogP) is 4.20. The maximum Gasteiger partial charge on any atom is 0.0952 e. The van der Waals surface area contributed by atoms with Crippen molar-refractivity contribution in [1.82, 2.24) is 20.1 Å². The van der Waals surface area contributed by atoms with Crippen LogP contribution in [-0.2, 0) is 6.42 Å². The second-order valence-corrected chi connectivity index (χ2v) is 7.20. The smallest absolute Gasteiger partial charge is 0.0952 e. The minimum absolute atomic E-state index is 0.592. The van der Waals surface area contributed by atoms with Gasteiger partial charge in [-0.25, -0.2) is 0 Å². The third kappa shape index (κ3) is 3.70. The van der Waals surface area contributed by atoms with Crippen LogP contribution in [0.15, 0.2) is 54.9 Å². The summed E-state index contributed by atoms with van der Waals surface area (Å²) in [6, 6.07) is 14.6. The summed E-state index contributed by atoms with van der Waals surface area (Å²) in [4.78, 5) is 6.78. The molecule has 1 aromatic carbocycles. The molecule has 0 radical (unpaired) electrons. The highest BCUT2D eigenvalue weighted by molar-refractivity contribution is 5.63. The van der Waals surface area contributed by atoms with E-state index in [-0.39, 0.29) is 0 Å². The molecule has 2 aromatic heterocycles. The van der Waals surface area contributed by atoms with Crippen molar-refractivity contribution in [3.8, 4) is 11.3 Å². The van der Waals surface area contributed by atoms with Gasteiger partial charge in [-0.05, 0) is 56.5 Å². The summed E-state index contributed by atoms with van der Waals surface area (Å²) in [5.41, 5.74) is 6.26. The molecule has 1 saturated heterocycles. The Kier molecular flexibility index (Phi) is 5.12. The van der Waals surface area contributed by atoms with Crippen molar-refractivity contribution in [3.63, 3.8) is 0 Å². The van der Waals surface area contributed by atoms with Crippen LogP contribution in [-0.4, -0.2) is 39.7 Å². The van der Waals surface area contributed by atoms with Crippen molar-refractivity contribution in [1.29, 1.82) is 0 Å². The highest BCUT2D eigenvalue weighted by atomic mass is 15.1. The molecule has 0 atom stereocenters. The number of aromatic nitrogens is 3. The highest BCUT2D eigenvalue weighted by Crippen LogP contribution is 2.32. The summed E-state index contributed by atoms with van der Waals surface area (Å²) in [6.45, 7) is 5.64. The lowest BCUT2D eigenvalue weighted by Crippen LogP contribution is -2.34. The number of pyridine rings is 1. The summed E-state index contributed by atoms with van der Waals surface area (Å²) < 4.78 is 0. The van der Waals surface area contributed by atoms with E-state index < -0.39 is 0 Å². The number of benzene rings is 1. The summed E-state index contributed by atoms with van der Waals surface area (Å²) in [5.74, 6) is 0.592. The topological polar surface area (TPSA) is 44.8 Å². The van der Waals surface area contributed by atoms with E-state index in [2.05, 4.69) is 57.3 Å². The molecule has 4 rings (SSSR count). The van der Waals surface area contributed by atoms with Crippen LogP contribution in [0.25, 0.3) is 11.3 Å². The molecule has 0 spiro atoms. The van der Waals surface area contributed by atoms with Gasteiger partial charge in [0.15, 0.2) is 0 Å². The van der Waals surface area contributed by atoms with Crippen LogP contribution in [0, 0.1) is 6.92 Å². The molecule has 0 bridgehead atoms. The van der Waals surface area contributed by atoms with E-state index >= 15 is 0 Å². The van der Waals surface area contributed by atoms with Crippen molar-refractivity contribution >= 4 is 0 Å². The first kappa shape index (κ1) is 17.0. The first-order valence-corrected chi connectivity index (χ1v) is 9.53. The van der Waals surface area contributed by atoms with Gasteiger partial charge in [-0.3, -0.25) is 10.1 Å². The zero-order valence-corrected chi connectivity index (χ0v) is 15.4. The highest BCUT2D eigenvalue weighted by Gasteiger charge is 2.24. The largest absolute Gasteiger partial charge is 0.303 e. The molecule has 3 aromatic rings. The molecular formula is C22H26N4. The maximum atomic E-state index is 4.61. The van der Waals surface area contributed by atoms with Gasteiger partial charge < -0.3 is 4.90 Å². The van der Waals surface area contributed by atoms with Crippen LogP contribution in [0.5, 0.6) is 0 Å². The minimum Gasteiger partial charge on any atom is -0.303 e. The van der Waals surface area contributed by atoms with E-state index in [0.29, 0.717) is 5.92 Å². The number of nitrogens with one attached hydrogen (secondary N) is 1. The van der Waals surface area contributed by atoms with Crippen LogP contribution in [0.3, 0.4) is 0 Å². The number of hydrogen-bond acceptors (Lipinski definition) is 3. The number of H-pyrrole nitrogens is 1. The maximum absolute atomic E-state index is 4.61. The molecular weight excluding hydrogens is 320 g/mol. The van der Waals surface area contributed by atoms with E-state index in [1.54, 1.807) is 0 Å². The van der Waals surface area contributed by atoms with Gasteiger partial charge in [0.1, 0.15) is 0 Å². The summed E-state index contributed by atoms with van der Waals surface area (Å²) in [6.07, 6.45) is 7.30. The quantitative estimate of drug-likeness (QED) is 0.753. The third-order valence-corrected chi connectivity index (χ3v) is 5.53. The summed E-state index contributed by atoms with van der Waals surface area (Å²) >= 11 is 0. The molecule has 26 heavy (non-hydrogen) atoms. The molecule has 0 saturated carbocycles. The Morgan fingerprint density at radius 2 is 1.88 bits per heavy atom. The van der Waals surface area contributed by atoms with Gasteiger partial charge in [0.05, 0.1) is 5.69 Å². The Balaban J connectivity index is 1.36. The summed E-state index contributed by atoms with van der Waals surface area (Å²) in [5, 5.41) is 7.95. The van der Waals surface area contributed by atoms with E-state index in [1.165, 1.54) is 35.2 Å². The van der Waals surface area contributed by atoms with E-state index in [1.807, 2.05) is 24.5 Å². The van der Waals surface area contributed by atoms with Crippen LogP contribution in [0.1, 0.15) is 35.6 Å². The SMILES string of the molecule is Cc1c(-c2ccccc2)n[nH]c1C1CCN(CCc2cccnc2)CC1. The number of likely N-dealkylation sites (tertiary alicyclic amines) is 1. The van der Waals surface area contributed by atoms with Gasteiger partial charge in [0.2, 0.25) is 0 Å². The number of hydrogen-bond donors (Lipinski definition) is 1. The fraction of sp³-hybridized carbons (Fsp3) is 0.364. The second kappa shape index (κ2) is 7.83. The number of nitrogens with zero attached hydrogens (tertiary/aromatic N) is 3. The molecule has 4 nitrogen and oxygen atoms in total. The molecule has 0 amide bonds. The Morgan fingerprint density at radius 3 is 2.62 bits per heavy atom. The van der Waals surface area contributed by atoms with Gasteiger partial charge in [-0.2, -0.15) is 5.10 Å². The van der Waals surface area contributed by atoms with E-state index in [0.717, 1.165) is 31.7 Å². The molecule has 1 aliphatic heterocycles. The van der Waals surface area contributed by atoms with Crippen LogP contribution in [0.2, 0.25) is 0 Å². The van der Waals surface area contributed by atoms with Crippen LogP contribution < -0.4 is 0 Å². The molecule has 1 N–H and O–H groups in total. The van der Waals surface area contributed by atoms with Crippen molar-refractivity contribution in [2.24, 2.45) is 0 Å². The number of aromatic amines is 1. The Morgan fingerprint density at radius 1 is 1.08 bits per heavy atom. The lowest BCUT2D eigenvalue weighted by molar-refractivity contribution is 0.213. The third-order valence-electron chi connectivity index (χ3n) is 5.53. The average molecular weight is 346 g/mol. The predicted molar refractivity (Wildman–Crippen MR) is 105 cm³/mol. The van der Waals surface area contributed by atoms with E-state index in [9.17, 15) is 0 Å². The molecule has 3 heterocycles. The lowest BCUT2D eigenvalue weighted by Gasteiger charge is -2.31. The number of piperidine rings is 1. The molecule has 1 fully saturated rings. The minimum atomic E-state index is 0.592. The molecule has 0 unspecified atom stereocenters. The normalized spacial score (nSPS) is 16.0. The Bertz CT molecular complexity index is 818. The van der Waals surface area contributed by atoms with Crippen molar-refractivity contribution < 1.29 is 0 Å². The van der Waals surface area contributed by atoms with Gasteiger partial charge in [-0.1, -0.05) is 36.4 Å². The molecule has 4 heteroatoms. The zero-order valence-electron chi connectivity index (χ0n) is 15.4. The zero-order chi connectivity index (χ0) is 17.8. The summed E-state index contributed by atoms with van der Waals surface area (Å²) in [7, 11) is 0. The van der Waals surface area contributed by atoms with Gasteiger partial charge in [-0.15, -0.1) is 0 Å². The van der Waals surface area contributed by atoms with Crippen molar-refractivity contribution in [2.75, 3.05) is 19.6 Å². The fourth-order valence-corrected chi connectivity index (χ4v) is 3.96. The lowest BCUT2D eigenvalue weighted by atomic mass is 9.90. The first-order valence-electron chi connectivity index (χ1n) is 9.53. The molecule has 1 aliphatic rings. The monoisotopic (exact) mass is 346 g/mol. The van der Waals surface area contributed by atoms with Gasteiger partial charge in [0.25, 0.3) is 0 Å². The second-order valence-electron chi connectivity index (χ2n) is 7.20. The van der Waals surface area contributed by atoms with Crippen LogP contribution in [0.4, 0.5) is 0 Å². The Hall–Kier alpha value is -2.46. The van der Waals surface area contributed by atoms with Gasteiger partial charge in [0, 0.05) is 36.1 Å². The number of rotatable bonds is 5. The van der Waals surface area contributed by atoms with Crippen molar-refractivity contribution in [2.45, 2.75) is 32.1 Å². The standard InChI is InChI=1S/C22H26N4/c1-17-21(19-7-3-2-4-8-19)24-25-22(17)20-10-14-26(15-11-20)13-9-18-6-5-12-23-16-18/h2-8,12,16,20H,9-11,13-15H2,1H3,(H,24,25).